The number of urea groups is 1. The summed E-state index contributed by atoms with van der Waals surface area (Å²) in [5, 5.41) is 7.22. The second-order valence-electron chi connectivity index (χ2n) is 8.70. The average molecular weight is 389 g/mol. The lowest BCUT2D eigenvalue weighted by Gasteiger charge is -2.21. The molecule has 2 N–H and O–H groups in total. The molecule has 5 nitrogen and oxygen atoms in total. The monoisotopic (exact) mass is 388 g/mol. The van der Waals surface area contributed by atoms with Crippen molar-refractivity contribution >= 4 is 28.3 Å². The minimum absolute atomic E-state index is 0.102. The smallest absolute Gasteiger partial charge is 0.319 e. The highest BCUT2D eigenvalue weighted by atomic mass is 16.2. The molecule has 3 aromatic rings. The number of anilines is 2. The molecule has 1 atom stereocenters. The predicted octanol–water partition coefficient (Wildman–Crippen LogP) is 4.93. The number of benzene rings is 2. The van der Waals surface area contributed by atoms with Gasteiger partial charge in [0.1, 0.15) is 0 Å². The van der Waals surface area contributed by atoms with Gasteiger partial charge in [0.25, 0.3) is 0 Å². The third kappa shape index (κ3) is 4.34. The fourth-order valence-electron chi connectivity index (χ4n) is 3.86. The van der Waals surface area contributed by atoms with E-state index in [1.807, 2.05) is 36.5 Å². The van der Waals surface area contributed by atoms with E-state index in [9.17, 15) is 4.79 Å². The molecule has 1 aromatic heterocycles. The van der Waals surface area contributed by atoms with Gasteiger partial charge in [-0.1, -0.05) is 51.1 Å². The zero-order chi connectivity index (χ0) is 20.4. The molecule has 2 amide bonds. The highest BCUT2D eigenvalue weighted by Crippen LogP contribution is 2.28. The maximum absolute atomic E-state index is 12.5. The van der Waals surface area contributed by atoms with Crippen LogP contribution in [0.2, 0.25) is 0 Å². The number of rotatable bonds is 3. The molecule has 1 aliphatic rings. The average Bonchev–Trinajstić information content (AvgIpc) is 3.15. The van der Waals surface area contributed by atoms with Crippen molar-refractivity contribution in [1.29, 1.82) is 0 Å². The van der Waals surface area contributed by atoms with Gasteiger partial charge in [0.05, 0.1) is 5.52 Å². The van der Waals surface area contributed by atoms with Crippen LogP contribution in [0.3, 0.4) is 0 Å². The first-order valence-corrected chi connectivity index (χ1v) is 10.2. The first-order chi connectivity index (χ1) is 13.9. The number of amides is 2. The van der Waals surface area contributed by atoms with E-state index >= 15 is 0 Å². The third-order valence-electron chi connectivity index (χ3n) is 5.50. The van der Waals surface area contributed by atoms with Crippen LogP contribution in [0.4, 0.5) is 16.2 Å². The summed E-state index contributed by atoms with van der Waals surface area (Å²) in [4.78, 5) is 19.2. The summed E-state index contributed by atoms with van der Waals surface area (Å²) < 4.78 is 0. The highest BCUT2D eigenvalue weighted by molar-refractivity contribution is 5.92. The van der Waals surface area contributed by atoms with E-state index in [1.165, 1.54) is 11.3 Å². The number of nitrogens with zero attached hydrogens (tertiary/aromatic N) is 2. The van der Waals surface area contributed by atoms with Crippen LogP contribution in [0.5, 0.6) is 0 Å². The number of carbonyl (C=O) groups excluding carboxylic acids is 1. The Balaban J connectivity index is 1.37. The Morgan fingerprint density at radius 3 is 2.59 bits per heavy atom. The van der Waals surface area contributed by atoms with E-state index in [4.69, 9.17) is 0 Å². The molecule has 2 heterocycles. The van der Waals surface area contributed by atoms with Crippen molar-refractivity contribution in [1.82, 2.24) is 10.3 Å². The van der Waals surface area contributed by atoms with Crippen molar-refractivity contribution in [2.24, 2.45) is 0 Å². The van der Waals surface area contributed by atoms with Gasteiger partial charge in [0.15, 0.2) is 0 Å². The zero-order valence-corrected chi connectivity index (χ0v) is 17.3. The van der Waals surface area contributed by atoms with Gasteiger partial charge in [-0.2, -0.15) is 0 Å². The fraction of sp³-hybridized carbons (Fsp3) is 0.333. The van der Waals surface area contributed by atoms with E-state index < -0.39 is 0 Å². The van der Waals surface area contributed by atoms with Gasteiger partial charge >= 0.3 is 6.03 Å². The topological polar surface area (TPSA) is 57.3 Å². The van der Waals surface area contributed by atoms with E-state index in [1.54, 1.807) is 0 Å². The number of para-hydroxylation sites is 1. The molecule has 0 unspecified atom stereocenters. The van der Waals surface area contributed by atoms with Crippen molar-refractivity contribution in [3.63, 3.8) is 0 Å². The molecule has 0 spiro atoms. The fourth-order valence-corrected chi connectivity index (χ4v) is 3.86. The Morgan fingerprint density at radius 1 is 1.07 bits per heavy atom. The van der Waals surface area contributed by atoms with Crippen LogP contribution >= 0.6 is 0 Å². The van der Waals surface area contributed by atoms with Crippen LogP contribution < -0.4 is 15.5 Å². The Labute approximate surface area is 172 Å². The molecule has 29 heavy (non-hydrogen) atoms. The SMILES string of the molecule is CC(C)(C)c1ccc(NC(=O)N[C@@H]2CCN(c3ccnc4ccccc34)C2)cc1. The number of hydrogen-bond acceptors (Lipinski definition) is 3. The van der Waals surface area contributed by atoms with Crippen LogP contribution in [0.15, 0.2) is 60.8 Å². The largest absolute Gasteiger partial charge is 0.369 e. The summed E-state index contributed by atoms with van der Waals surface area (Å²) in [7, 11) is 0. The summed E-state index contributed by atoms with van der Waals surface area (Å²) in [6, 6.07) is 18.3. The number of pyridine rings is 1. The van der Waals surface area contributed by atoms with Gasteiger partial charge < -0.3 is 15.5 Å². The molecule has 0 saturated carbocycles. The molecule has 0 bridgehead atoms. The Hall–Kier alpha value is -3.08. The van der Waals surface area contributed by atoms with Gasteiger partial charge in [0.2, 0.25) is 0 Å². The predicted molar refractivity (Wildman–Crippen MR) is 120 cm³/mol. The first-order valence-electron chi connectivity index (χ1n) is 10.2. The number of fused-ring (bicyclic) bond motifs is 1. The highest BCUT2D eigenvalue weighted by Gasteiger charge is 2.25. The van der Waals surface area contributed by atoms with Gasteiger partial charge in [-0.05, 0) is 41.7 Å². The summed E-state index contributed by atoms with van der Waals surface area (Å²) in [6.45, 7) is 8.25. The number of aromatic nitrogens is 1. The Kier molecular flexibility index (Phi) is 5.14. The standard InChI is InChI=1S/C24H28N4O/c1-24(2,3)17-8-10-18(11-9-17)26-23(29)27-19-13-15-28(16-19)22-12-14-25-21-7-5-4-6-20(21)22/h4-12,14,19H,13,15-16H2,1-3H3,(H2,26,27,29)/t19-/m1/s1. The molecule has 1 aliphatic heterocycles. The Morgan fingerprint density at radius 2 is 1.83 bits per heavy atom. The van der Waals surface area contributed by atoms with Crippen LogP contribution in [0.25, 0.3) is 10.9 Å². The van der Waals surface area contributed by atoms with Gasteiger partial charge in [0, 0.05) is 42.1 Å². The van der Waals surface area contributed by atoms with Crippen molar-refractivity contribution in [2.75, 3.05) is 23.3 Å². The van der Waals surface area contributed by atoms with Crippen LogP contribution in [0, 0.1) is 0 Å². The molecule has 4 rings (SSSR count). The summed E-state index contributed by atoms with van der Waals surface area (Å²) in [5.41, 5.74) is 4.34. The first kappa shape index (κ1) is 19.2. The number of carbonyl (C=O) groups is 1. The molecule has 150 valence electrons. The van der Waals surface area contributed by atoms with E-state index in [2.05, 4.69) is 65.6 Å². The summed E-state index contributed by atoms with van der Waals surface area (Å²) in [6.07, 6.45) is 2.78. The van der Waals surface area contributed by atoms with E-state index in [-0.39, 0.29) is 17.5 Å². The van der Waals surface area contributed by atoms with Crippen molar-refractivity contribution < 1.29 is 4.79 Å². The second kappa shape index (κ2) is 7.74. The minimum Gasteiger partial charge on any atom is -0.369 e. The minimum atomic E-state index is -0.153. The molecule has 0 aliphatic carbocycles. The van der Waals surface area contributed by atoms with Gasteiger partial charge in [-0.3, -0.25) is 4.98 Å². The maximum Gasteiger partial charge on any atom is 0.319 e. The van der Waals surface area contributed by atoms with Gasteiger partial charge in [-0.15, -0.1) is 0 Å². The third-order valence-corrected chi connectivity index (χ3v) is 5.50. The second-order valence-corrected chi connectivity index (χ2v) is 8.70. The molecule has 0 radical (unpaired) electrons. The summed E-state index contributed by atoms with van der Waals surface area (Å²) >= 11 is 0. The Bertz CT molecular complexity index is 1000. The lowest BCUT2D eigenvalue weighted by Crippen LogP contribution is -2.39. The van der Waals surface area contributed by atoms with E-state index in [0.717, 1.165) is 36.1 Å². The van der Waals surface area contributed by atoms with Crippen molar-refractivity contribution in [3.05, 3.63) is 66.4 Å². The molecule has 5 heteroatoms. The van der Waals surface area contributed by atoms with Gasteiger partial charge in [-0.25, -0.2) is 4.79 Å². The molecular weight excluding hydrogens is 360 g/mol. The molecular formula is C24H28N4O. The molecule has 1 saturated heterocycles. The van der Waals surface area contributed by atoms with Crippen LogP contribution in [-0.2, 0) is 5.41 Å². The van der Waals surface area contributed by atoms with Crippen molar-refractivity contribution in [2.45, 2.75) is 38.6 Å². The lowest BCUT2D eigenvalue weighted by atomic mass is 9.87. The van der Waals surface area contributed by atoms with Crippen LogP contribution in [0.1, 0.15) is 32.8 Å². The molecule has 1 fully saturated rings. The summed E-state index contributed by atoms with van der Waals surface area (Å²) in [5.74, 6) is 0. The quantitative estimate of drug-likeness (QED) is 0.669. The molecule has 2 aromatic carbocycles. The zero-order valence-electron chi connectivity index (χ0n) is 17.3. The number of nitrogens with one attached hydrogen (secondary N) is 2. The van der Waals surface area contributed by atoms with Crippen molar-refractivity contribution in [3.8, 4) is 0 Å². The normalized spacial score (nSPS) is 16.8. The lowest BCUT2D eigenvalue weighted by molar-refractivity contribution is 0.249. The van der Waals surface area contributed by atoms with E-state index in [0.29, 0.717) is 0 Å². The maximum atomic E-state index is 12.5. The van der Waals surface area contributed by atoms with Crippen LogP contribution in [-0.4, -0.2) is 30.1 Å². The number of hydrogen-bond donors (Lipinski definition) is 2.